The number of rotatable bonds is 8. The summed E-state index contributed by atoms with van der Waals surface area (Å²) in [7, 11) is 1.51. The molecular formula is C20H22FNO3. The summed E-state index contributed by atoms with van der Waals surface area (Å²) in [4.78, 5) is 24.2. The Morgan fingerprint density at radius 2 is 1.92 bits per heavy atom. The molecule has 1 amide bonds. The number of hydrogen-bond acceptors (Lipinski definition) is 3. The molecule has 0 aliphatic carbocycles. The lowest BCUT2D eigenvalue weighted by molar-refractivity contribution is -0.121. The molecule has 0 saturated carbocycles. The Hall–Kier alpha value is -2.69. The number of carbonyl (C=O) groups excluding carboxylic acids is 2. The van der Waals surface area contributed by atoms with Gasteiger partial charge in [0.25, 0.3) is 0 Å². The van der Waals surface area contributed by atoms with E-state index in [1.165, 1.54) is 19.2 Å². The smallest absolute Gasteiger partial charge is 0.220 e. The number of amides is 1. The normalized spacial score (nSPS) is 10.4. The van der Waals surface area contributed by atoms with Crippen LogP contribution in [0, 0.1) is 12.7 Å². The van der Waals surface area contributed by atoms with Gasteiger partial charge in [-0.3, -0.25) is 9.59 Å². The van der Waals surface area contributed by atoms with Crippen LogP contribution in [0.5, 0.6) is 5.75 Å². The van der Waals surface area contributed by atoms with Crippen LogP contribution in [0.15, 0.2) is 42.5 Å². The van der Waals surface area contributed by atoms with Crippen LogP contribution < -0.4 is 10.1 Å². The quantitative estimate of drug-likeness (QED) is 0.747. The second kappa shape index (κ2) is 8.97. The Morgan fingerprint density at radius 1 is 1.12 bits per heavy atom. The molecule has 0 saturated heterocycles. The molecule has 0 fully saturated rings. The first-order valence-electron chi connectivity index (χ1n) is 8.18. The number of halogens is 1. The molecule has 0 bridgehead atoms. The number of ether oxygens (including phenoxy) is 1. The second-order valence-corrected chi connectivity index (χ2v) is 5.86. The summed E-state index contributed by atoms with van der Waals surface area (Å²) in [6, 6.07) is 11.7. The number of nitrogens with one attached hydrogen (secondary N) is 1. The lowest BCUT2D eigenvalue weighted by atomic mass is 10.0. The van der Waals surface area contributed by atoms with E-state index in [9.17, 15) is 14.0 Å². The lowest BCUT2D eigenvalue weighted by Gasteiger charge is -2.09. The van der Waals surface area contributed by atoms with Gasteiger partial charge in [0, 0.05) is 19.4 Å². The van der Waals surface area contributed by atoms with Gasteiger partial charge in [-0.25, -0.2) is 4.39 Å². The van der Waals surface area contributed by atoms with Crippen molar-refractivity contribution >= 4 is 11.7 Å². The van der Waals surface area contributed by atoms with Crippen molar-refractivity contribution in [3.8, 4) is 5.75 Å². The number of carbonyl (C=O) groups is 2. The SMILES string of the molecule is COc1ccc(C)cc1C(=O)CCC(=O)NCCc1cccc(F)c1. The number of hydrogen-bond donors (Lipinski definition) is 1. The van der Waals surface area contributed by atoms with Gasteiger partial charge in [0.1, 0.15) is 11.6 Å². The molecule has 0 spiro atoms. The molecule has 4 nitrogen and oxygen atoms in total. The highest BCUT2D eigenvalue weighted by atomic mass is 19.1. The van der Waals surface area contributed by atoms with Gasteiger partial charge in [0.2, 0.25) is 5.91 Å². The summed E-state index contributed by atoms with van der Waals surface area (Å²) in [5.74, 6) is -0.0964. The predicted octanol–water partition coefficient (Wildman–Crippen LogP) is 3.46. The van der Waals surface area contributed by atoms with Crippen LogP contribution in [0.25, 0.3) is 0 Å². The fourth-order valence-corrected chi connectivity index (χ4v) is 2.53. The molecule has 132 valence electrons. The third kappa shape index (κ3) is 5.71. The Morgan fingerprint density at radius 3 is 2.64 bits per heavy atom. The van der Waals surface area contributed by atoms with E-state index in [-0.39, 0.29) is 30.3 Å². The molecule has 5 heteroatoms. The van der Waals surface area contributed by atoms with E-state index < -0.39 is 0 Å². The Labute approximate surface area is 147 Å². The maximum Gasteiger partial charge on any atom is 0.220 e. The van der Waals surface area contributed by atoms with Gasteiger partial charge in [0.15, 0.2) is 5.78 Å². The fraction of sp³-hybridized carbons (Fsp3) is 0.300. The van der Waals surface area contributed by atoms with E-state index in [1.54, 1.807) is 18.2 Å². The minimum atomic E-state index is -0.290. The average molecular weight is 343 g/mol. The summed E-state index contributed by atoms with van der Waals surface area (Å²) in [5, 5.41) is 2.75. The van der Waals surface area contributed by atoms with Gasteiger partial charge in [-0.05, 0) is 43.2 Å². The van der Waals surface area contributed by atoms with Crippen molar-refractivity contribution < 1.29 is 18.7 Å². The molecule has 0 aromatic heterocycles. The summed E-state index contributed by atoms with van der Waals surface area (Å²) in [5.41, 5.74) is 2.28. The third-order valence-electron chi connectivity index (χ3n) is 3.86. The van der Waals surface area contributed by atoms with Crippen molar-refractivity contribution in [1.82, 2.24) is 5.32 Å². The Bertz CT molecular complexity index is 758. The highest BCUT2D eigenvalue weighted by Gasteiger charge is 2.14. The minimum absolute atomic E-state index is 0.110. The van der Waals surface area contributed by atoms with E-state index in [4.69, 9.17) is 4.74 Å². The van der Waals surface area contributed by atoms with Crippen LogP contribution in [0.2, 0.25) is 0 Å². The van der Waals surface area contributed by atoms with E-state index in [2.05, 4.69) is 5.32 Å². The molecule has 0 aliphatic heterocycles. The minimum Gasteiger partial charge on any atom is -0.496 e. The molecule has 0 radical (unpaired) electrons. The molecule has 1 N–H and O–H groups in total. The molecule has 25 heavy (non-hydrogen) atoms. The largest absolute Gasteiger partial charge is 0.496 e. The molecular weight excluding hydrogens is 321 g/mol. The zero-order chi connectivity index (χ0) is 18.2. The topological polar surface area (TPSA) is 55.4 Å². The first-order chi connectivity index (χ1) is 12.0. The van der Waals surface area contributed by atoms with Crippen LogP contribution >= 0.6 is 0 Å². The van der Waals surface area contributed by atoms with Crippen LogP contribution in [-0.2, 0) is 11.2 Å². The molecule has 0 atom stereocenters. The van der Waals surface area contributed by atoms with Crippen molar-refractivity contribution in [2.75, 3.05) is 13.7 Å². The van der Waals surface area contributed by atoms with Crippen molar-refractivity contribution in [3.05, 3.63) is 65.0 Å². The van der Waals surface area contributed by atoms with Gasteiger partial charge in [-0.2, -0.15) is 0 Å². The standard InChI is InChI=1S/C20H22FNO3/c1-14-6-8-19(25-2)17(12-14)18(23)7-9-20(24)22-11-10-15-4-3-5-16(21)13-15/h3-6,8,12-13H,7,9-11H2,1-2H3,(H,22,24). The van der Waals surface area contributed by atoms with Crippen LogP contribution in [0.1, 0.15) is 34.3 Å². The van der Waals surface area contributed by atoms with Gasteiger partial charge in [0.05, 0.1) is 12.7 Å². The summed E-state index contributed by atoms with van der Waals surface area (Å²) in [6.07, 6.45) is 0.772. The zero-order valence-corrected chi connectivity index (χ0v) is 14.5. The predicted molar refractivity (Wildman–Crippen MR) is 94.4 cm³/mol. The first-order valence-corrected chi connectivity index (χ1v) is 8.18. The van der Waals surface area contributed by atoms with Crippen LogP contribution in [-0.4, -0.2) is 25.3 Å². The molecule has 0 aliphatic rings. The van der Waals surface area contributed by atoms with Gasteiger partial charge >= 0.3 is 0 Å². The summed E-state index contributed by atoms with van der Waals surface area (Å²) >= 11 is 0. The highest BCUT2D eigenvalue weighted by Crippen LogP contribution is 2.21. The van der Waals surface area contributed by atoms with E-state index in [0.29, 0.717) is 24.3 Å². The van der Waals surface area contributed by atoms with Crippen molar-refractivity contribution in [2.45, 2.75) is 26.2 Å². The monoisotopic (exact) mass is 343 g/mol. The van der Waals surface area contributed by atoms with Crippen molar-refractivity contribution in [3.63, 3.8) is 0 Å². The Kier molecular flexibility index (Phi) is 6.69. The number of Topliss-reactive ketones (excluding diaryl/α,β-unsaturated/α-hetero) is 1. The molecule has 2 aromatic carbocycles. The van der Waals surface area contributed by atoms with E-state index in [0.717, 1.165) is 11.1 Å². The third-order valence-corrected chi connectivity index (χ3v) is 3.86. The van der Waals surface area contributed by atoms with Crippen LogP contribution in [0.4, 0.5) is 4.39 Å². The first kappa shape index (κ1) is 18.6. The number of methoxy groups -OCH3 is 1. The number of ketones is 1. The molecule has 2 rings (SSSR count). The second-order valence-electron chi connectivity index (χ2n) is 5.86. The van der Waals surface area contributed by atoms with Crippen molar-refractivity contribution in [1.29, 1.82) is 0 Å². The maximum atomic E-state index is 13.1. The zero-order valence-electron chi connectivity index (χ0n) is 14.5. The number of benzene rings is 2. The van der Waals surface area contributed by atoms with Gasteiger partial charge in [-0.1, -0.05) is 23.8 Å². The highest BCUT2D eigenvalue weighted by molar-refractivity contribution is 6.00. The maximum absolute atomic E-state index is 13.1. The average Bonchev–Trinajstić information content (AvgIpc) is 2.59. The fourth-order valence-electron chi connectivity index (χ4n) is 2.53. The van der Waals surface area contributed by atoms with Crippen LogP contribution in [0.3, 0.4) is 0 Å². The van der Waals surface area contributed by atoms with Gasteiger partial charge in [-0.15, -0.1) is 0 Å². The van der Waals surface area contributed by atoms with Crippen molar-refractivity contribution in [2.24, 2.45) is 0 Å². The lowest BCUT2D eigenvalue weighted by Crippen LogP contribution is -2.26. The molecule has 2 aromatic rings. The molecule has 0 heterocycles. The summed E-state index contributed by atoms with van der Waals surface area (Å²) in [6.45, 7) is 2.31. The van der Waals surface area contributed by atoms with E-state index >= 15 is 0 Å². The van der Waals surface area contributed by atoms with Gasteiger partial charge < -0.3 is 10.1 Å². The summed E-state index contributed by atoms with van der Waals surface area (Å²) < 4.78 is 18.3. The van der Waals surface area contributed by atoms with E-state index in [1.807, 2.05) is 19.1 Å². The molecule has 0 unspecified atom stereocenters. The number of aryl methyl sites for hydroxylation is 1. The Balaban J connectivity index is 1.80.